The van der Waals surface area contributed by atoms with Crippen molar-refractivity contribution in [2.45, 2.75) is 26.5 Å². The Bertz CT molecular complexity index is 1030. The molecule has 1 unspecified atom stereocenters. The molecule has 0 radical (unpaired) electrons. The number of para-hydroxylation sites is 1. The number of nitrogens with zero attached hydrogens (tertiary/aromatic N) is 2. The zero-order chi connectivity index (χ0) is 21.7. The second-order valence-corrected chi connectivity index (χ2v) is 7.12. The van der Waals surface area contributed by atoms with Gasteiger partial charge in [0.05, 0.1) is 27.0 Å². The third kappa shape index (κ3) is 4.86. The second kappa shape index (κ2) is 9.54. The number of nitrogens with one attached hydrogen (secondary N) is 1. The van der Waals surface area contributed by atoms with E-state index >= 15 is 0 Å². The van der Waals surface area contributed by atoms with Crippen LogP contribution in [-0.4, -0.2) is 36.0 Å². The van der Waals surface area contributed by atoms with E-state index in [1.165, 1.54) is 0 Å². The van der Waals surface area contributed by atoms with E-state index in [2.05, 4.69) is 10.4 Å². The fraction of sp³-hybridized carbons (Fsp3) is 0.273. The average molecular weight is 430 g/mol. The minimum Gasteiger partial charge on any atom is -0.493 e. The van der Waals surface area contributed by atoms with E-state index in [0.717, 1.165) is 11.1 Å². The number of aryl methyl sites for hydroxylation is 1. The summed E-state index contributed by atoms with van der Waals surface area (Å²) in [5.41, 5.74) is 1.73. The minimum atomic E-state index is -0.709. The summed E-state index contributed by atoms with van der Waals surface area (Å²) in [6, 6.07) is 12.6. The lowest BCUT2D eigenvalue weighted by molar-refractivity contribution is -0.122. The van der Waals surface area contributed by atoms with Crippen LogP contribution in [0.2, 0.25) is 5.02 Å². The monoisotopic (exact) mass is 429 g/mol. The zero-order valence-electron chi connectivity index (χ0n) is 17.3. The first-order valence-corrected chi connectivity index (χ1v) is 9.76. The number of rotatable bonds is 8. The number of hydrogen-bond donors (Lipinski definition) is 1. The van der Waals surface area contributed by atoms with Crippen molar-refractivity contribution in [3.8, 4) is 17.2 Å². The summed E-state index contributed by atoms with van der Waals surface area (Å²) in [6.45, 7) is 3.96. The lowest BCUT2D eigenvalue weighted by Crippen LogP contribution is -2.31. The molecule has 3 aromatic rings. The van der Waals surface area contributed by atoms with Crippen LogP contribution in [0.25, 0.3) is 0 Å². The number of hydrogen-bond acceptors (Lipinski definition) is 5. The third-order valence-electron chi connectivity index (χ3n) is 4.58. The van der Waals surface area contributed by atoms with Gasteiger partial charge in [0.15, 0.2) is 17.6 Å². The molecule has 30 heavy (non-hydrogen) atoms. The second-order valence-electron chi connectivity index (χ2n) is 6.69. The van der Waals surface area contributed by atoms with E-state index in [1.54, 1.807) is 56.3 Å². The molecular weight excluding hydrogens is 406 g/mol. The van der Waals surface area contributed by atoms with Gasteiger partial charge in [-0.3, -0.25) is 4.79 Å². The van der Waals surface area contributed by atoms with Gasteiger partial charge in [0.2, 0.25) is 0 Å². The molecule has 1 aromatic heterocycles. The molecule has 8 heteroatoms. The first kappa shape index (κ1) is 21.5. The Morgan fingerprint density at radius 3 is 2.67 bits per heavy atom. The highest BCUT2D eigenvalue weighted by molar-refractivity contribution is 6.30. The standard InChI is InChI=1S/C22H24ClN3O4/c1-14-12-17(23)8-9-18(14)30-15(2)22(27)25-20-10-11-24-26(20)13-16-6-5-7-19(28-3)21(16)29-4/h5-12,15H,13H2,1-4H3,(H,25,27). The number of carbonyl (C=O) groups is 1. The largest absolute Gasteiger partial charge is 0.493 e. The Balaban J connectivity index is 1.72. The first-order valence-electron chi connectivity index (χ1n) is 9.38. The van der Waals surface area contributed by atoms with Crippen LogP contribution in [0.3, 0.4) is 0 Å². The van der Waals surface area contributed by atoms with Gasteiger partial charge in [-0.05, 0) is 43.7 Å². The highest BCUT2D eigenvalue weighted by atomic mass is 35.5. The fourth-order valence-electron chi connectivity index (χ4n) is 3.02. The van der Waals surface area contributed by atoms with Crippen molar-refractivity contribution in [2.75, 3.05) is 19.5 Å². The van der Waals surface area contributed by atoms with Gasteiger partial charge in [0.25, 0.3) is 5.91 Å². The Morgan fingerprint density at radius 2 is 1.97 bits per heavy atom. The Kier molecular flexibility index (Phi) is 6.84. The highest BCUT2D eigenvalue weighted by Gasteiger charge is 2.18. The molecule has 0 fully saturated rings. The van der Waals surface area contributed by atoms with E-state index in [9.17, 15) is 4.79 Å². The molecule has 1 N–H and O–H groups in total. The average Bonchev–Trinajstić information content (AvgIpc) is 3.16. The lowest BCUT2D eigenvalue weighted by atomic mass is 10.2. The maximum absolute atomic E-state index is 12.7. The van der Waals surface area contributed by atoms with Gasteiger partial charge in [-0.25, -0.2) is 4.68 Å². The van der Waals surface area contributed by atoms with Crippen molar-refractivity contribution >= 4 is 23.3 Å². The van der Waals surface area contributed by atoms with Crippen molar-refractivity contribution in [2.24, 2.45) is 0 Å². The molecule has 0 aliphatic rings. The van der Waals surface area contributed by atoms with Crippen LogP contribution in [0, 0.1) is 6.92 Å². The number of anilines is 1. The van der Waals surface area contributed by atoms with E-state index in [4.69, 9.17) is 25.8 Å². The molecule has 158 valence electrons. The fourth-order valence-corrected chi connectivity index (χ4v) is 3.25. The molecule has 0 bridgehead atoms. The quantitative estimate of drug-likeness (QED) is 0.577. The van der Waals surface area contributed by atoms with E-state index < -0.39 is 6.10 Å². The predicted octanol–water partition coefficient (Wildman–Crippen LogP) is 4.32. The summed E-state index contributed by atoms with van der Waals surface area (Å²) in [4.78, 5) is 12.7. The molecule has 0 spiro atoms. The van der Waals surface area contributed by atoms with Crippen molar-refractivity contribution in [1.82, 2.24) is 9.78 Å². The van der Waals surface area contributed by atoms with Crippen molar-refractivity contribution < 1.29 is 19.0 Å². The van der Waals surface area contributed by atoms with Crippen LogP contribution in [-0.2, 0) is 11.3 Å². The maximum atomic E-state index is 12.7. The van der Waals surface area contributed by atoms with Gasteiger partial charge in [0, 0.05) is 16.7 Å². The first-order chi connectivity index (χ1) is 14.4. The molecule has 0 saturated heterocycles. The van der Waals surface area contributed by atoms with Crippen LogP contribution >= 0.6 is 11.6 Å². The summed E-state index contributed by atoms with van der Waals surface area (Å²) in [6.07, 6.45) is 0.913. The van der Waals surface area contributed by atoms with Gasteiger partial charge in [-0.1, -0.05) is 23.7 Å². The molecule has 1 atom stereocenters. The van der Waals surface area contributed by atoms with Crippen molar-refractivity contribution in [3.05, 3.63) is 64.8 Å². The molecule has 1 amide bonds. The minimum absolute atomic E-state index is 0.288. The van der Waals surface area contributed by atoms with Gasteiger partial charge < -0.3 is 19.5 Å². The number of methoxy groups -OCH3 is 2. The van der Waals surface area contributed by atoms with Gasteiger partial charge in [-0.15, -0.1) is 0 Å². The van der Waals surface area contributed by atoms with E-state index in [0.29, 0.717) is 34.6 Å². The molecule has 0 aliphatic heterocycles. The molecule has 1 heterocycles. The number of ether oxygens (including phenoxy) is 3. The molecule has 0 aliphatic carbocycles. The number of halogens is 1. The summed E-state index contributed by atoms with van der Waals surface area (Å²) >= 11 is 5.97. The lowest BCUT2D eigenvalue weighted by Gasteiger charge is -2.17. The summed E-state index contributed by atoms with van der Waals surface area (Å²) < 4.78 is 18.3. The number of carbonyl (C=O) groups excluding carboxylic acids is 1. The smallest absolute Gasteiger partial charge is 0.266 e. The topological polar surface area (TPSA) is 74.6 Å². The van der Waals surface area contributed by atoms with Crippen LogP contribution in [0.15, 0.2) is 48.7 Å². The number of aromatic nitrogens is 2. The Morgan fingerprint density at radius 1 is 1.17 bits per heavy atom. The van der Waals surface area contributed by atoms with Gasteiger partial charge in [-0.2, -0.15) is 5.10 Å². The molecule has 7 nitrogen and oxygen atoms in total. The summed E-state index contributed by atoms with van der Waals surface area (Å²) in [5, 5.41) is 7.80. The molecular formula is C22H24ClN3O4. The number of benzene rings is 2. The Labute approximate surface area is 180 Å². The van der Waals surface area contributed by atoms with Gasteiger partial charge in [0.1, 0.15) is 11.6 Å². The van der Waals surface area contributed by atoms with E-state index in [-0.39, 0.29) is 5.91 Å². The summed E-state index contributed by atoms with van der Waals surface area (Å²) in [5.74, 6) is 2.13. The zero-order valence-corrected chi connectivity index (χ0v) is 18.1. The van der Waals surface area contributed by atoms with E-state index in [1.807, 2.05) is 25.1 Å². The molecule has 3 rings (SSSR count). The van der Waals surface area contributed by atoms with Crippen LogP contribution in [0.4, 0.5) is 5.82 Å². The molecule has 0 saturated carbocycles. The van der Waals surface area contributed by atoms with Crippen molar-refractivity contribution in [1.29, 1.82) is 0 Å². The van der Waals surface area contributed by atoms with Crippen LogP contribution in [0.5, 0.6) is 17.2 Å². The number of amides is 1. The maximum Gasteiger partial charge on any atom is 0.266 e. The third-order valence-corrected chi connectivity index (χ3v) is 4.82. The van der Waals surface area contributed by atoms with Crippen LogP contribution < -0.4 is 19.5 Å². The van der Waals surface area contributed by atoms with Gasteiger partial charge >= 0.3 is 0 Å². The normalized spacial score (nSPS) is 11.6. The van der Waals surface area contributed by atoms with Crippen LogP contribution in [0.1, 0.15) is 18.1 Å². The summed E-state index contributed by atoms with van der Waals surface area (Å²) in [7, 11) is 3.18. The Hall–Kier alpha value is -3.19. The molecule has 2 aromatic carbocycles. The van der Waals surface area contributed by atoms with Crippen molar-refractivity contribution in [3.63, 3.8) is 0 Å². The highest BCUT2D eigenvalue weighted by Crippen LogP contribution is 2.31. The SMILES string of the molecule is COc1cccc(Cn2nccc2NC(=O)C(C)Oc2ccc(Cl)cc2C)c1OC. The predicted molar refractivity (Wildman–Crippen MR) is 116 cm³/mol.